The summed E-state index contributed by atoms with van der Waals surface area (Å²) in [6.07, 6.45) is 1.17. The van der Waals surface area contributed by atoms with Crippen LogP contribution in [-0.4, -0.2) is 29.1 Å². The van der Waals surface area contributed by atoms with E-state index in [1.54, 1.807) is 18.2 Å². The van der Waals surface area contributed by atoms with Gasteiger partial charge >= 0.3 is 0 Å². The smallest absolute Gasteiger partial charge is 0.255 e. The number of thioether (sulfide) groups is 1. The SMILES string of the molecule is O=C(NCC1CCSC1)c1cc(I)ccc1O. The number of benzene rings is 1. The summed E-state index contributed by atoms with van der Waals surface area (Å²) in [5.74, 6) is 2.75. The van der Waals surface area contributed by atoms with Gasteiger partial charge in [-0.15, -0.1) is 0 Å². The van der Waals surface area contributed by atoms with Gasteiger partial charge in [0, 0.05) is 10.1 Å². The Labute approximate surface area is 119 Å². The van der Waals surface area contributed by atoms with Gasteiger partial charge in [-0.3, -0.25) is 4.79 Å². The number of hydrogen-bond acceptors (Lipinski definition) is 3. The quantitative estimate of drug-likeness (QED) is 0.812. The van der Waals surface area contributed by atoms with Crippen molar-refractivity contribution in [2.24, 2.45) is 5.92 Å². The van der Waals surface area contributed by atoms with Crippen LogP contribution in [0.25, 0.3) is 0 Å². The van der Waals surface area contributed by atoms with E-state index in [-0.39, 0.29) is 11.7 Å². The van der Waals surface area contributed by atoms with Crippen molar-refractivity contribution in [2.45, 2.75) is 6.42 Å². The number of rotatable bonds is 3. The highest BCUT2D eigenvalue weighted by Gasteiger charge is 2.17. The van der Waals surface area contributed by atoms with Crippen LogP contribution in [0.3, 0.4) is 0 Å². The van der Waals surface area contributed by atoms with Crippen molar-refractivity contribution >= 4 is 40.3 Å². The Morgan fingerprint density at radius 1 is 1.59 bits per heavy atom. The summed E-state index contributed by atoms with van der Waals surface area (Å²) in [7, 11) is 0. The third kappa shape index (κ3) is 3.51. The Morgan fingerprint density at radius 2 is 2.41 bits per heavy atom. The van der Waals surface area contributed by atoms with Crippen LogP contribution in [0.1, 0.15) is 16.8 Å². The van der Waals surface area contributed by atoms with Gasteiger partial charge in [0.05, 0.1) is 5.56 Å². The zero-order valence-corrected chi connectivity index (χ0v) is 12.3. The van der Waals surface area contributed by atoms with Gasteiger partial charge in [-0.2, -0.15) is 11.8 Å². The predicted octanol–water partition coefficient (Wildman–Crippen LogP) is 2.48. The fourth-order valence-corrected chi connectivity index (χ4v) is 3.54. The first-order valence-corrected chi connectivity index (χ1v) is 7.74. The fourth-order valence-electron chi connectivity index (χ4n) is 1.77. The molecule has 5 heteroatoms. The molecule has 1 saturated heterocycles. The molecule has 1 amide bonds. The monoisotopic (exact) mass is 363 g/mol. The molecule has 1 aromatic rings. The van der Waals surface area contributed by atoms with Gasteiger partial charge in [0.1, 0.15) is 5.75 Å². The molecule has 0 aliphatic carbocycles. The summed E-state index contributed by atoms with van der Waals surface area (Å²) in [5, 5.41) is 12.5. The van der Waals surface area contributed by atoms with Gasteiger partial charge in [0.25, 0.3) is 5.91 Å². The van der Waals surface area contributed by atoms with Crippen molar-refractivity contribution in [2.75, 3.05) is 18.1 Å². The average Bonchev–Trinajstić information content (AvgIpc) is 2.82. The highest BCUT2D eigenvalue weighted by molar-refractivity contribution is 14.1. The van der Waals surface area contributed by atoms with Crippen LogP contribution >= 0.6 is 34.4 Å². The first kappa shape index (κ1) is 13.0. The molecule has 0 bridgehead atoms. The van der Waals surface area contributed by atoms with E-state index >= 15 is 0 Å². The maximum atomic E-state index is 11.9. The van der Waals surface area contributed by atoms with E-state index in [9.17, 15) is 9.90 Å². The molecular weight excluding hydrogens is 349 g/mol. The van der Waals surface area contributed by atoms with E-state index in [2.05, 4.69) is 27.9 Å². The second kappa shape index (κ2) is 5.95. The van der Waals surface area contributed by atoms with Crippen LogP contribution in [0.5, 0.6) is 5.75 Å². The summed E-state index contributed by atoms with van der Waals surface area (Å²) in [4.78, 5) is 11.9. The molecule has 17 heavy (non-hydrogen) atoms. The van der Waals surface area contributed by atoms with E-state index < -0.39 is 0 Å². The number of amides is 1. The number of hydrogen-bond donors (Lipinski definition) is 2. The Hall–Kier alpha value is -0.430. The fraction of sp³-hybridized carbons (Fsp3) is 0.417. The molecule has 1 atom stereocenters. The minimum atomic E-state index is -0.182. The lowest BCUT2D eigenvalue weighted by Gasteiger charge is -2.11. The molecule has 1 aromatic carbocycles. The number of phenols is 1. The number of halogens is 1. The van der Waals surface area contributed by atoms with Gasteiger partial charge in [-0.25, -0.2) is 0 Å². The summed E-state index contributed by atoms with van der Waals surface area (Å²) in [6.45, 7) is 0.705. The van der Waals surface area contributed by atoms with Crippen molar-refractivity contribution in [3.63, 3.8) is 0 Å². The molecule has 2 N–H and O–H groups in total. The molecular formula is C12H14INO2S. The van der Waals surface area contributed by atoms with Gasteiger partial charge in [-0.05, 0) is 64.6 Å². The van der Waals surface area contributed by atoms with E-state index in [1.165, 1.54) is 12.2 Å². The Kier molecular flexibility index (Phi) is 4.55. The lowest BCUT2D eigenvalue weighted by atomic mass is 10.1. The highest BCUT2D eigenvalue weighted by atomic mass is 127. The molecule has 92 valence electrons. The zero-order valence-electron chi connectivity index (χ0n) is 9.28. The molecule has 3 nitrogen and oxygen atoms in total. The average molecular weight is 363 g/mol. The Bertz CT molecular complexity index is 419. The Morgan fingerprint density at radius 3 is 3.12 bits per heavy atom. The first-order chi connectivity index (χ1) is 8.16. The highest BCUT2D eigenvalue weighted by Crippen LogP contribution is 2.23. The number of aromatic hydroxyl groups is 1. The molecule has 0 radical (unpaired) electrons. The van der Waals surface area contributed by atoms with Crippen LogP contribution in [0.15, 0.2) is 18.2 Å². The third-order valence-corrected chi connectivity index (χ3v) is 4.68. The number of carbonyl (C=O) groups is 1. The molecule has 0 spiro atoms. The molecule has 1 unspecified atom stereocenters. The van der Waals surface area contributed by atoms with Crippen molar-refractivity contribution in [1.82, 2.24) is 5.32 Å². The van der Waals surface area contributed by atoms with E-state index in [0.29, 0.717) is 18.0 Å². The van der Waals surface area contributed by atoms with E-state index in [4.69, 9.17) is 0 Å². The molecule has 1 aliphatic heterocycles. The van der Waals surface area contributed by atoms with Gasteiger partial charge in [0.2, 0.25) is 0 Å². The third-order valence-electron chi connectivity index (χ3n) is 2.78. The molecule has 0 aromatic heterocycles. The van der Waals surface area contributed by atoms with Crippen LogP contribution in [-0.2, 0) is 0 Å². The lowest BCUT2D eigenvalue weighted by molar-refractivity contribution is 0.0946. The van der Waals surface area contributed by atoms with Crippen molar-refractivity contribution in [1.29, 1.82) is 0 Å². The standard InChI is InChI=1S/C12H14INO2S/c13-9-1-2-11(15)10(5-9)12(16)14-6-8-3-4-17-7-8/h1-2,5,8,15H,3-4,6-7H2,(H,14,16). The Balaban J connectivity index is 1.96. The zero-order chi connectivity index (χ0) is 12.3. The maximum Gasteiger partial charge on any atom is 0.255 e. The van der Waals surface area contributed by atoms with Gasteiger partial charge in [-0.1, -0.05) is 0 Å². The molecule has 1 fully saturated rings. The lowest BCUT2D eigenvalue weighted by Crippen LogP contribution is -2.29. The van der Waals surface area contributed by atoms with Crippen LogP contribution in [0.4, 0.5) is 0 Å². The molecule has 0 saturated carbocycles. The molecule has 1 aliphatic rings. The normalized spacial score (nSPS) is 19.2. The van der Waals surface area contributed by atoms with Gasteiger partial charge in [0.15, 0.2) is 0 Å². The predicted molar refractivity (Wildman–Crippen MR) is 78.6 cm³/mol. The molecule has 2 rings (SSSR count). The maximum absolute atomic E-state index is 11.9. The van der Waals surface area contributed by atoms with Crippen molar-refractivity contribution in [3.8, 4) is 5.75 Å². The number of phenolic OH excluding ortho intramolecular Hbond substituents is 1. The van der Waals surface area contributed by atoms with Gasteiger partial charge < -0.3 is 10.4 Å². The van der Waals surface area contributed by atoms with Crippen LogP contribution < -0.4 is 5.32 Å². The summed E-state index contributed by atoms with van der Waals surface area (Å²) >= 11 is 4.06. The van der Waals surface area contributed by atoms with E-state index in [1.807, 2.05) is 11.8 Å². The van der Waals surface area contributed by atoms with E-state index in [0.717, 1.165) is 9.32 Å². The topological polar surface area (TPSA) is 49.3 Å². The summed E-state index contributed by atoms with van der Waals surface area (Å²) < 4.78 is 0.946. The first-order valence-electron chi connectivity index (χ1n) is 5.51. The minimum absolute atomic E-state index is 0.0451. The second-order valence-electron chi connectivity index (χ2n) is 4.10. The second-order valence-corrected chi connectivity index (χ2v) is 6.50. The summed E-state index contributed by atoms with van der Waals surface area (Å²) in [5.41, 5.74) is 0.363. The number of carbonyl (C=O) groups excluding carboxylic acids is 1. The van der Waals surface area contributed by atoms with Crippen LogP contribution in [0, 0.1) is 9.49 Å². The summed E-state index contributed by atoms with van der Waals surface area (Å²) in [6, 6.07) is 5.04. The largest absolute Gasteiger partial charge is 0.507 e. The minimum Gasteiger partial charge on any atom is -0.507 e. The molecule has 1 heterocycles. The number of nitrogens with one attached hydrogen (secondary N) is 1. The van der Waals surface area contributed by atoms with Crippen molar-refractivity contribution in [3.05, 3.63) is 27.3 Å². The van der Waals surface area contributed by atoms with Crippen molar-refractivity contribution < 1.29 is 9.90 Å². The van der Waals surface area contributed by atoms with Crippen LogP contribution in [0.2, 0.25) is 0 Å².